The van der Waals surface area contributed by atoms with Gasteiger partial charge in [-0.05, 0) is 67.9 Å². The van der Waals surface area contributed by atoms with E-state index in [1.807, 2.05) is 24.3 Å². The Morgan fingerprint density at radius 2 is 1.84 bits per heavy atom. The molecular weight excluding hydrogens is 405 g/mol. The van der Waals surface area contributed by atoms with Gasteiger partial charge in [0.15, 0.2) is 0 Å². The summed E-state index contributed by atoms with van der Waals surface area (Å²) in [5.41, 5.74) is 3.00. The average molecular weight is 429 g/mol. The molecule has 2 aliphatic carbocycles. The van der Waals surface area contributed by atoms with Crippen molar-refractivity contribution in [2.75, 3.05) is 0 Å². The van der Waals surface area contributed by atoms with Gasteiger partial charge in [-0.1, -0.05) is 24.3 Å². The Morgan fingerprint density at radius 1 is 1.12 bits per heavy atom. The fraction of sp³-hybridized carbons (Fsp3) is 0.346. The summed E-state index contributed by atoms with van der Waals surface area (Å²) in [6.45, 7) is 0. The fourth-order valence-electron chi connectivity index (χ4n) is 4.68. The second-order valence-corrected chi connectivity index (χ2v) is 8.96. The normalized spacial score (nSPS) is 21.7. The number of nitrogens with one attached hydrogen (secondary N) is 1. The molecule has 2 N–H and O–H groups in total. The van der Waals surface area contributed by atoms with Crippen molar-refractivity contribution in [2.24, 2.45) is 0 Å². The van der Waals surface area contributed by atoms with Crippen molar-refractivity contribution in [2.45, 2.75) is 56.1 Å². The number of aliphatic hydroxyl groups excluding tert-OH is 1. The fourth-order valence-corrected chi connectivity index (χ4v) is 4.68. The Balaban J connectivity index is 1.56. The molecule has 3 aromatic rings. The van der Waals surface area contributed by atoms with Gasteiger partial charge in [0.05, 0.1) is 28.7 Å². The highest BCUT2D eigenvalue weighted by Crippen LogP contribution is 2.48. The van der Waals surface area contributed by atoms with Gasteiger partial charge in [0.1, 0.15) is 5.82 Å². The van der Waals surface area contributed by atoms with Crippen LogP contribution in [0.4, 0.5) is 4.39 Å². The molecular formula is C26H24FN3O2. The van der Waals surface area contributed by atoms with Crippen LogP contribution in [0.1, 0.15) is 54.4 Å². The lowest BCUT2D eigenvalue weighted by atomic mass is 9.91. The first-order valence-corrected chi connectivity index (χ1v) is 11.1. The van der Waals surface area contributed by atoms with E-state index >= 15 is 0 Å². The predicted octanol–water partition coefficient (Wildman–Crippen LogP) is 4.63. The second-order valence-electron chi connectivity index (χ2n) is 8.96. The van der Waals surface area contributed by atoms with Crippen LogP contribution in [0, 0.1) is 17.1 Å². The minimum absolute atomic E-state index is 0.00492. The second kappa shape index (κ2) is 7.99. The molecule has 5 nitrogen and oxygen atoms in total. The third-order valence-electron chi connectivity index (χ3n) is 6.80. The minimum Gasteiger partial charge on any atom is -0.393 e. The number of amides is 1. The number of aliphatic hydroxyl groups is 1. The molecule has 0 aliphatic heterocycles. The Labute approximate surface area is 185 Å². The smallest absolute Gasteiger partial charge is 0.253 e. The van der Waals surface area contributed by atoms with Crippen molar-refractivity contribution in [3.05, 3.63) is 65.6 Å². The first kappa shape index (κ1) is 20.6. The molecule has 1 amide bonds. The van der Waals surface area contributed by atoms with Crippen molar-refractivity contribution in [1.29, 1.82) is 5.26 Å². The Bertz CT molecular complexity index is 1220. The highest BCUT2D eigenvalue weighted by molar-refractivity contribution is 6.08. The third-order valence-corrected chi connectivity index (χ3v) is 6.80. The van der Waals surface area contributed by atoms with Crippen molar-refractivity contribution in [1.82, 2.24) is 10.3 Å². The van der Waals surface area contributed by atoms with Gasteiger partial charge in [0.2, 0.25) is 0 Å². The van der Waals surface area contributed by atoms with Crippen LogP contribution in [-0.4, -0.2) is 28.1 Å². The van der Waals surface area contributed by atoms with Crippen LogP contribution >= 0.6 is 0 Å². The maximum absolute atomic E-state index is 14.2. The number of carbonyl (C=O) groups is 1. The van der Waals surface area contributed by atoms with Crippen LogP contribution in [0.3, 0.4) is 0 Å². The van der Waals surface area contributed by atoms with Gasteiger partial charge in [-0.15, -0.1) is 0 Å². The van der Waals surface area contributed by atoms with E-state index in [1.54, 1.807) is 12.3 Å². The molecule has 0 spiro atoms. The zero-order chi connectivity index (χ0) is 22.3. The molecule has 5 rings (SSSR count). The lowest BCUT2D eigenvalue weighted by Gasteiger charge is -2.26. The Hall–Kier alpha value is -3.30. The summed E-state index contributed by atoms with van der Waals surface area (Å²) in [4.78, 5) is 17.7. The number of aromatic nitrogens is 1. The van der Waals surface area contributed by atoms with E-state index in [1.165, 1.54) is 12.1 Å². The van der Waals surface area contributed by atoms with Gasteiger partial charge in [-0.3, -0.25) is 9.78 Å². The van der Waals surface area contributed by atoms with E-state index < -0.39 is 11.2 Å². The van der Waals surface area contributed by atoms with Crippen LogP contribution in [-0.2, 0) is 5.41 Å². The van der Waals surface area contributed by atoms with Gasteiger partial charge in [0.25, 0.3) is 5.91 Å². The first-order chi connectivity index (χ1) is 15.5. The Morgan fingerprint density at radius 3 is 2.50 bits per heavy atom. The molecule has 0 radical (unpaired) electrons. The van der Waals surface area contributed by atoms with Gasteiger partial charge >= 0.3 is 0 Å². The monoisotopic (exact) mass is 429 g/mol. The van der Waals surface area contributed by atoms with Crippen molar-refractivity contribution in [3.63, 3.8) is 0 Å². The summed E-state index contributed by atoms with van der Waals surface area (Å²) in [5, 5.41) is 22.9. The third kappa shape index (κ3) is 3.74. The van der Waals surface area contributed by atoms with Crippen LogP contribution in [0.15, 0.2) is 48.7 Å². The summed E-state index contributed by atoms with van der Waals surface area (Å²) in [6.07, 6.45) is 5.75. The van der Waals surface area contributed by atoms with Gasteiger partial charge in [-0.2, -0.15) is 5.26 Å². The van der Waals surface area contributed by atoms with E-state index in [2.05, 4.69) is 16.4 Å². The van der Waals surface area contributed by atoms with E-state index in [0.717, 1.165) is 36.8 Å². The number of halogens is 1. The summed E-state index contributed by atoms with van der Waals surface area (Å²) < 4.78 is 14.2. The number of rotatable bonds is 4. The number of benzene rings is 2. The molecule has 2 aliphatic rings. The number of fused-ring (bicyclic) bond motifs is 1. The van der Waals surface area contributed by atoms with E-state index in [4.69, 9.17) is 0 Å². The minimum atomic E-state index is -0.392. The van der Waals surface area contributed by atoms with E-state index in [-0.39, 0.29) is 18.1 Å². The SMILES string of the molecule is N#CC1(c2ccc(-c3c(C(=O)N[C@H]4CC[C@H](O)CC4)cnc4ccc(F)cc34)cc2)CC1. The molecule has 32 heavy (non-hydrogen) atoms. The molecule has 0 atom stereocenters. The number of hydrogen-bond donors (Lipinski definition) is 2. The summed E-state index contributed by atoms with van der Waals surface area (Å²) >= 11 is 0. The van der Waals surface area contributed by atoms with E-state index in [9.17, 15) is 19.6 Å². The summed E-state index contributed by atoms with van der Waals surface area (Å²) in [7, 11) is 0. The lowest BCUT2D eigenvalue weighted by Crippen LogP contribution is -2.38. The van der Waals surface area contributed by atoms with Gasteiger partial charge in [-0.25, -0.2) is 4.39 Å². The zero-order valence-corrected chi connectivity index (χ0v) is 17.6. The largest absolute Gasteiger partial charge is 0.393 e. The number of hydrogen-bond acceptors (Lipinski definition) is 4. The van der Waals surface area contributed by atoms with Crippen LogP contribution in [0.25, 0.3) is 22.0 Å². The molecule has 1 aromatic heterocycles. The molecule has 2 fully saturated rings. The standard InChI is InChI=1S/C26H24FN3O2/c27-18-5-10-23-21(13-18)24(16-1-3-17(4-2-16)26(15-28)11-12-26)22(14-29-23)25(32)30-19-6-8-20(31)9-7-19/h1-5,10,13-14,19-20,31H,6-9,11-12H2,(H,30,32)/t19-,20-. The number of nitrogens with zero attached hydrogens (tertiary/aromatic N) is 2. The summed E-state index contributed by atoms with van der Waals surface area (Å²) in [6, 6.07) is 14.5. The average Bonchev–Trinajstić information content (AvgIpc) is 3.61. The lowest BCUT2D eigenvalue weighted by molar-refractivity contribution is 0.0868. The molecule has 2 aromatic carbocycles. The molecule has 2 saturated carbocycles. The first-order valence-electron chi connectivity index (χ1n) is 11.1. The maximum Gasteiger partial charge on any atom is 0.253 e. The Kier molecular flexibility index (Phi) is 5.15. The van der Waals surface area contributed by atoms with Crippen molar-refractivity contribution >= 4 is 16.8 Å². The molecule has 0 saturated heterocycles. The topological polar surface area (TPSA) is 86.0 Å². The number of nitriles is 1. The van der Waals surface area contributed by atoms with Crippen molar-refractivity contribution < 1.29 is 14.3 Å². The molecule has 6 heteroatoms. The molecule has 162 valence electrons. The highest BCUT2D eigenvalue weighted by atomic mass is 19.1. The van der Waals surface area contributed by atoms with E-state index in [0.29, 0.717) is 34.9 Å². The van der Waals surface area contributed by atoms with Gasteiger partial charge in [0, 0.05) is 23.2 Å². The summed E-state index contributed by atoms with van der Waals surface area (Å²) in [5.74, 6) is -0.641. The van der Waals surface area contributed by atoms with Crippen molar-refractivity contribution in [3.8, 4) is 17.2 Å². The molecule has 0 bridgehead atoms. The number of carbonyl (C=O) groups excluding carboxylic acids is 1. The molecule has 0 unspecified atom stereocenters. The highest BCUT2D eigenvalue weighted by Gasteiger charge is 2.44. The zero-order valence-electron chi connectivity index (χ0n) is 17.6. The number of pyridine rings is 1. The quantitative estimate of drug-likeness (QED) is 0.633. The predicted molar refractivity (Wildman–Crippen MR) is 119 cm³/mol. The van der Waals surface area contributed by atoms with Crippen LogP contribution < -0.4 is 5.32 Å². The van der Waals surface area contributed by atoms with Crippen LogP contribution in [0.5, 0.6) is 0 Å². The molecule has 1 heterocycles. The maximum atomic E-state index is 14.2. The van der Waals surface area contributed by atoms with Crippen LogP contribution in [0.2, 0.25) is 0 Å². The van der Waals surface area contributed by atoms with Gasteiger partial charge < -0.3 is 10.4 Å².